The van der Waals surface area contributed by atoms with Gasteiger partial charge in [0, 0.05) is 22.8 Å². The Morgan fingerprint density at radius 2 is 1.86 bits per heavy atom. The van der Waals surface area contributed by atoms with Gasteiger partial charge in [0.1, 0.15) is 5.82 Å². The highest BCUT2D eigenvalue weighted by atomic mass is 16.3. The van der Waals surface area contributed by atoms with Crippen molar-refractivity contribution in [1.29, 1.82) is 0 Å². The number of nitrogen functional groups attached to an aromatic ring is 1. The summed E-state index contributed by atoms with van der Waals surface area (Å²) in [6.45, 7) is 6.51. The van der Waals surface area contributed by atoms with E-state index in [0.717, 1.165) is 11.8 Å². The summed E-state index contributed by atoms with van der Waals surface area (Å²) in [7, 11) is 0. The van der Waals surface area contributed by atoms with Crippen LogP contribution in [0.15, 0.2) is 84.6 Å². The quantitative estimate of drug-likeness (QED) is 0.410. The van der Waals surface area contributed by atoms with Gasteiger partial charge in [0.2, 0.25) is 0 Å². The minimum absolute atomic E-state index is 0.0966. The zero-order valence-electron chi connectivity index (χ0n) is 20.7. The zero-order chi connectivity index (χ0) is 25.9. The van der Waals surface area contributed by atoms with Gasteiger partial charge in [0.15, 0.2) is 6.10 Å². The lowest BCUT2D eigenvalue weighted by atomic mass is 9.76. The summed E-state index contributed by atoms with van der Waals surface area (Å²) in [4.78, 5) is 30.3. The minimum atomic E-state index is -1.53. The Bertz CT molecular complexity index is 1330. The van der Waals surface area contributed by atoms with Crippen molar-refractivity contribution in [2.75, 3.05) is 11.1 Å². The number of hydrogen-bond acceptors (Lipinski definition) is 5. The Balaban J connectivity index is 1.52. The zero-order valence-corrected chi connectivity index (χ0v) is 20.7. The van der Waals surface area contributed by atoms with E-state index in [-0.39, 0.29) is 11.3 Å². The molecule has 0 saturated heterocycles. The number of allylic oxidation sites excluding steroid dienone is 2. The Labute approximate surface area is 211 Å². The largest absolute Gasteiger partial charge is 0.383 e. The van der Waals surface area contributed by atoms with E-state index in [1.165, 1.54) is 0 Å². The van der Waals surface area contributed by atoms with Gasteiger partial charge in [-0.3, -0.25) is 9.59 Å². The summed E-state index contributed by atoms with van der Waals surface area (Å²) < 4.78 is 0. The number of nitrogens with two attached hydrogens (primary N) is 1. The van der Waals surface area contributed by atoms with Crippen LogP contribution in [0.3, 0.4) is 0 Å². The molecule has 2 amide bonds. The molecule has 7 heteroatoms. The van der Waals surface area contributed by atoms with Crippen molar-refractivity contribution in [2.24, 2.45) is 11.3 Å². The third-order valence-electron chi connectivity index (χ3n) is 6.57. The number of amides is 2. The lowest BCUT2D eigenvalue weighted by molar-refractivity contribution is -0.127. The van der Waals surface area contributed by atoms with Gasteiger partial charge in [-0.25, -0.2) is 4.98 Å². The Kier molecular flexibility index (Phi) is 7.22. The van der Waals surface area contributed by atoms with Gasteiger partial charge in [-0.15, -0.1) is 0 Å². The maximum absolute atomic E-state index is 13.1. The molecule has 186 valence electrons. The number of rotatable bonds is 6. The SMILES string of the molecule is CC(C)(C)C1C=CC(C(=O)N[C@@H](c2ccccc2)[C@@H](O)C(=O)Nc2ccc3ccnc(N)c3c2)=CC1. The lowest BCUT2D eigenvalue weighted by Crippen LogP contribution is -2.43. The number of anilines is 2. The molecule has 1 aliphatic carbocycles. The third-order valence-corrected chi connectivity index (χ3v) is 6.57. The predicted octanol–water partition coefficient (Wildman–Crippen LogP) is 4.52. The van der Waals surface area contributed by atoms with Gasteiger partial charge < -0.3 is 21.5 Å². The van der Waals surface area contributed by atoms with Crippen molar-refractivity contribution in [3.63, 3.8) is 0 Å². The van der Waals surface area contributed by atoms with Crippen LogP contribution in [-0.2, 0) is 9.59 Å². The van der Waals surface area contributed by atoms with E-state index in [1.54, 1.807) is 42.6 Å². The number of aliphatic hydroxyl groups is 1. The minimum Gasteiger partial charge on any atom is -0.383 e. The molecule has 5 N–H and O–H groups in total. The molecule has 7 nitrogen and oxygen atoms in total. The number of aromatic nitrogens is 1. The summed E-state index contributed by atoms with van der Waals surface area (Å²) in [5.41, 5.74) is 7.67. The molecule has 1 heterocycles. The monoisotopic (exact) mass is 484 g/mol. The average Bonchev–Trinajstić information content (AvgIpc) is 2.87. The highest BCUT2D eigenvalue weighted by Gasteiger charge is 2.31. The van der Waals surface area contributed by atoms with Crippen LogP contribution in [0.4, 0.5) is 11.5 Å². The second kappa shape index (κ2) is 10.3. The summed E-state index contributed by atoms with van der Waals surface area (Å²) in [6.07, 6.45) is 6.61. The first-order valence-corrected chi connectivity index (χ1v) is 12.0. The lowest BCUT2D eigenvalue weighted by Gasteiger charge is -2.30. The van der Waals surface area contributed by atoms with Crippen molar-refractivity contribution < 1.29 is 14.7 Å². The number of hydrogen-bond donors (Lipinski definition) is 4. The van der Waals surface area contributed by atoms with Crippen LogP contribution in [0.25, 0.3) is 10.8 Å². The summed E-state index contributed by atoms with van der Waals surface area (Å²) in [6, 6.07) is 15.1. The molecule has 0 saturated carbocycles. The fourth-order valence-electron chi connectivity index (χ4n) is 4.30. The smallest absolute Gasteiger partial charge is 0.255 e. The van der Waals surface area contributed by atoms with Crippen molar-refractivity contribution in [3.05, 3.63) is 90.2 Å². The van der Waals surface area contributed by atoms with E-state index in [1.807, 2.05) is 30.4 Å². The van der Waals surface area contributed by atoms with Crippen molar-refractivity contribution in [2.45, 2.75) is 39.3 Å². The van der Waals surface area contributed by atoms with Crippen LogP contribution >= 0.6 is 0 Å². The average molecular weight is 485 g/mol. The first-order chi connectivity index (χ1) is 17.1. The number of pyridine rings is 1. The van der Waals surface area contributed by atoms with Crippen LogP contribution in [0.2, 0.25) is 0 Å². The molecule has 1 aromatic heterocycles. The van der Waals surface area contributed by atoms with Gasteiger partial charge in [-0.2, -0.15) is 0 Å². The number of carbonyl (C=O) groups excluding carboxylic acids is 2. The molecular weight excluding hydrogens is 452 g/mol. The molecule has 36 heavy (non-hydrogen) atoms. The predicted molar refractivity (Wildman–Crippen MR) is 143 cm³/mol. The summed E-state index contributed by atoms with van der Waals surface area (Å²) >= 11 is 0. The van der Waals surface area contributed by atoms with Gasteiger partial charge in [0.05, 0.1) is 6.04 Å². The maximum Gasteiger partial charge on any atom is 0.255 e. The number of benzene rings is 2. The second-order valence-corrected chi connectivity index (χ2v) is 10.2. The van der Waals surface area contributed by atoms with E-state index in [4.69, 9.17) is 5.73 Å². The molecule has 0 spiro atoms. The molecule has 4 rings (SSSR count). The van der Waals surface area contributed by atoms with Crippen LogP contribution < -0.4 is 16.4 Å². The second-order valence-electron chi connectivity index (χ2n) is 10.2. The van der Waals surface area contributed by atoms with E-state index in [2.05, 4.69) is 42.5 Å². The summed E-state index contributed by atoms with van der Waals surface area (Å²) in [5, 5.41) is 18.2. The maximum atomic E-state index is 13.1. The Hall–Kier alpha value is -3.97. The molecule has 0 bridgehead atoms. The van der Waals surface area contributed by atoms with Gasteiger partial charge in [-0.1, -0.05) is 75.4 Å². The topological polar surface area (TPSA) is 117 Å². The van der Waals surface area contributed by atoms with E-state index in [9.17, 15) is 14.7 Å². The van der Waals surface area contributed by atoms with Crippen LogP contribution in [0.5, 0.6) is 0 Å². The molecule has 3 atom stereocenters. The van der Waals surface area contributed by atoms with E-state index < -0.39 is 18.1 Å². The molecule has 0 fully saturated rings. The third kappa shape index (κ3) is 5.63. The van der Waals surface area contributed by atoms with Crippen LogP contribution in [-0.4, -0.2) is 28.0 Å². The first kappa shape index (κ1) is 25.1. The number of aliphatic hydroxyl groups excluding tert-OH is 1. The molecule has 2 aromatic carbocycles. The van der Waals surface area contributed by atoms with E-state index >= 15 is 0 Å². The number of fused-ring (bicyclic) bond motifs is 1. The van der Waals surface area contributed by atoms with Crippen molar-refractivity contribution >= 4 is 34.1 Å². The van der Waals surface area contributed by atoms with Crippen molar-refractivity contribution in [1.82, 2.24) is 10.3 Å². The molecular formula is C29H32N4O3. The standard InChI is InChI=1S/C29H32N4O3/c1-29(2,3)21-12-9-20(10-13-21)27(35)33-24(19-7-5-4-6-8-19)25(34)28(36)32-22-14-11-18-15-16-31-26(30)23(18)17-22/h4-12,14-17,21,24-25,34H,13H2,1-3H3,(H2,30,31)(H,32,36)(H,33,35)/t21?,24-,25+/m0/s1. The van der Waals surface area contributed by atoms with Crippen LogP contribution in [0.1, 0.15) is 38.8 Å². The Morgan fingerprint density at radius 3 is 2.53 bits per heavy atom. The number of nitrogens with zero attached hydrogens (tertiary/aromatic N) is 1. The molecule has 1 unspecified atom stereocenters. The van der Waals surface area contributed by atoms with Gasteiger partial charge in [0.25, 0.3) is 11.8 Å². The van der Waals surface area contributed by atoms with Crippen molar-refractivity contribution in [3.8, 4) is 0 Å². The highest BCUT2D eigenvalue weighted by Crippen LogP contribution is 2.33. The number of carbonyl (C=O) groups is 2. The molecule has 3 aromatic rings. The van der Waals surface area contributed by atoms with Gasteiger partial charge >= 0.3 is 0 Å². The fraction of sp³-hybridized carbons (Fsp3) is 0.276. The van der Waals surface area contributed by atoms with Crippen LogP contribution in [0, 0.1) is 11.3 Å². The normalized spacial score (nSPS) is 17.2. The molecule has 0 aliphatic heterocycles. The Morgan fingerprint density at radius 1 is 1.11 bits per heavy atom. The molecule has 1 aliphatic rings. The van der Waals surface area contributed by atoms with Gasteiger partial charge in [-0.05, 0) is 46.9 Å². The molecule has 0 radical (unpaired) electrons. The number of nitrogens with one attached hydrogen (secondary N) is 2. The first-order valence-electron chi connectivity index (χ1n) is 12.0. The van der Waals surface area contributed by atoms with E-state index in [0.29, 0.717) is 33.9 Å². The highest BCUT2D eigenvalue weighted by molar-refractivity contribution is 6.00. The summed E-state index contributed by atoms with van der Waals surface area (Å²) in [5.74, 6) is -0.307. The fourth-order valence-corrected chi connectivity index (χ4v) is 4.30.